The van der Waals surface area contributed by atoms with Crippen molar-refractivity contribution in [3.8, 4) is 0 Å². The molecule has 2 N–H and O–H groups in total. The normalized spacial score (nSPS) is 32.3. The summed E-state index contributed by atoms with van der Waals surface area (Å²) in [5.41, 5.74) is 5.87. The van der Waals surface area contributed by atoms with Crippen LogP contribution in [-0.4, -0.2) is 51.4 Å². The Morgan fingerprint density at radius 3 is 2.83 bits per heavy atom. The number of urea groups is 1. The molecule has 132 valence electrons. The first-order valence-electron chi connectivity index (χ1n) is 8.99. The van der Waals surface area contributed by atoms with Crippen molar-refractivity contribution in [1.29, 1.82) is 0 Å². The molecule has 24 heavy (non-hydrogen) atoms. The molecule has 0 spiro atoms. The molecule has 2 amide bonds. The molecule has 4 rings (SSSR count). The summed E-state index contributed by atoms with van der Waals surface area (Å²) in [5.74, 6) is 0.464. The van der Waals surface area contributed by atoms with Gasteiger partial charge in [0.05, 0.1) is 18.7 Å². The SMILES string of the molecule is CCCCON1C(=O)N2CC1CC[C@H]2c1nnc(C2CC(N)C2)s1. The Bertz CT molecular complexity index is 603. The summed E-state index contributed by atoms with van der Waals surface area (Å²) < 4.78 is 0. The molecule has 1 saturated carbocycles. The molecule has 0 aromatic carbocycles. The van der Waals surface area contributed by atoms with Crippen LogP contribution >= 0.6 is 11.3 Å². The zero-order valence-electron chi connectivity index (χ0n) is 14.1. The molecule has 2 saturated heterocycles. The molecule has 2 aliphatic heterocycles. The van der Waals surface area contributed by atoms with Gasteiger partial charge in [-0.25, -0.2) is 4.79 Å². The summed E-state index contributed by atoms with van der Waals surface area (Å²) in [6.07, 6.45) is 5.94. The molecule has 3 fully saturated rings. The lowest BCUT2D eigenvalue weighted by atomic mass is 9.81. The van der Waals surface area contributed by atoms with E-state index in [2.05, 4.69) is 17.1 Å². The van der Waals surface area contributed by atoms with E-state index in [4.69, 9.17) is 10.6 Å². The molecule has 3 heterocycles. The Labute approximate surface area is 146 Å². The lowest BCUT2D eigenvalue weighted by molar-refractivity contribution is -0.130. The number of amides is 2. The Morgan fingerprint density at radius 1 is 1.29 bits per heavy atom. The number of hydroxylamine groups is 2. The number of nitrogens with two attached hydrogens (primary N) is 1. The first-order chi connectivity index (χ1) is 11.7. The van der Waals surface area contributed by atoms with Crippen LogP contribution in [0.3, 0.4) is 0 Å². The number of nitrogens with zero attached hydrogens (tertiary/aromatic N) is 4. The van der Waals surface area contributed by atoms with Gasteiger partial charge in [0.15, 0.2) is 0 Å². The third-order valence-corrected chi connectivity index (χ3v) is 6.50. The van der Waals surface area contributed by atoms with Crippen LogP contribution < -0.4 is 5.73 Å². The molecule has 7 nitrogen and oxygen atoms in total. The van der Waals surface area contributed by atoms with Gasteiger partial charge in [0.25, 0.3) is 0 Å². The van der Waals surface area contributed by atoms with Crippen LogP contribution in [0, 0.1) is 0 Å². The van der Waals surface area contributed by atoms with Crippen molar-refractivity contribution in [2.75, 3.05) is 13.2 Å². The minimum atomic E-state index is -0.0129. The number of hydrogen-bond donors (Lipinski definition) is 1. The highest BCUT2D eigenvalue weighted by Crippen LogP contribution is 2.42. The molecule has 2 bridgehead atoms. The minimum absolute atomic E-state index is 0.0129. The monoisotopic (exact) mass is 351 g/mol. The third kappa shape index (κ3) is 2.80. The second-order valence-corrected chi connectivity index (χ2v) is 8.14. The van der Waals surface area contributed by atoms with Crippen LogP contribution in [0.15, 0.2) is 0 Å². The van der Waals surface area contributed by atoms with Gasteiger partial charge in [-0.1, -0.05) is 24.7 Å². The summed E-state index contributed by atoms with van der Waals surface area (Å²) in [4.78, 5) is 20.3. The van der Waals surface area contributed by atoms with Crippen LogP contribution in [0.4, 0.5) is 4.79 Å². The number of carbonyl (C=O) groups is 1. The molecule has 1 unspecified atom stereocenters. The molecule has 1 aromatic rings. The summed E-state index contributed by atoms with van der Waals surface area (Å²) in [6, 6.07) is 0.531. The standard InChI is InChI=1S/C16H25N5O2S/c1-2-3-6-23-21-12-4-5-13(20(9-12)16(21)22)15-19-18-14(24-15)10-7-11(17)8-10/h10-13H,2-9,17H2,1H3/t10?,11?,12?,13-/m0/s1. The largest absolute Gasteiger partial charge is 0.344 e. The maximum absolute atomic E-state index is 12.7. The first kappa shape index (κ1) is 16.2. The summed E-state index contributed by atoms with van der Waals surface area (Å²) in [7, 11) is 0. The van der Waals surface area contributed by atoms with Crippen molar-refractivity contribution >= 4 is 17.4 Å². The van der Waals surface area contributed by atoms with Crippen LogP contribution in [-0.2, 0) is 4.84 Å². The minimum Gasteiger partial charge on any atom is -0.328 e. The fraction of sp³-hybridized carbons (Fsp3) is 0.812. The molecule has 1 aliphatic carbocycles. The molecule has 0 radical (unpaired) electrons. The number of unbranched alkanes of at least 4 members (excludes halogenated alkanes) is 1. The summed E-state index contributed by atoms with van der Waals surface area (Å²) >= 11 is 1.66. The highest BCUT2D eigenvalue weighted by Gasteiger charge is 2.47. The smallest absolute Gasteiger partial charge is 0.328 e. The molecule has 2 atom stereocenters. The highest BCUT2D eigenvalue weighted by atomic mass is 32.1. The van der Waals surface area contributed by atoms with Gasteiger partial charge in [-0.05, 0) is 32.1 Å². The van der Waals surface area contributed by atoms with E-state index in [0.717, 1.165) is 55.1 Å². The number of rotatable bonds is 6. The van der Waals surface area contributed by atoms with Crippen molar-refractivity contribution in [1.82, 2.24) is 20.2 Å². The number of aromatic nitrogens is 2. The van der Waals surface area contributed by atoms with Gasteiger partial charge in [0, 0.05) is 18.5 Å². The molecular weight excluding hydrogens is 326 g/mol. The maximum atomic E-state index is 12.7. The predicted molar refractivity (Wildman–Crippen MR) is 90.4 cm³/mol. The van der Waals surface area contributed by atoms with Crippen LogP contribution in [0.25, 0.3) is 0 Å². The van der Waals surface area contributed by atoms with E-state index in [0.29, 0.717) is 18.6 Å². The van der Waals surface area contributed by atoms with Gasteiger partial charge in [-0.15, -0.1) is 10.2 Å². The Balaban J connectivity index is 1.43. The second-order valence-electron chi connectivity index (χ2n) is 7.10. The molecular formula is C16H25N5O2S. The Morgan fingerprint density at radius 2 is 2.08 bits per heavy atom. The summed E-state index contributed by atoms with van der Waals surface area (Å²) in [5, 5.41) is 12.4. The lowest BCUT2D eigenvalue weighted by Gasteiger charge is -2.30. The van der Waals surface area contributed by atoms with Crippen molar-refractivity contribution in [2.24, 2.45) is 5.73 Å². The number of piperidine rings is 1. The number of hydrogen-bond acceptors (Lipinski definition) is 6. The van der Waals surface area contributed by atoms with Crippen molar-refractivity contribution in [3.63, 3.8) is 0 Å². The lowest BCUT2D eigenvalue weighted by Crippen LogP contribution is -2.34. The van der Waals surface area contributed by atoms with Crippen molar-refractivity contribution in [2.45, 2.75) is 69.5 Å². The average Bonchev–Trinajstić information content (AvgIpc) is 3.12. The van der Waals surface area contributed by atoms with Gasteiger partial charge in [-0.2, -0.15) is 5.06 Å². The fourth-order valence-corrected chi connectivity index (χ4v) is 4.89. The Hall–Kier alpha value is -1.25. The maximum Gasteiger partial charge on any atom is 0.344 e. The fourth-order valence-electron chi connectivity index (χ4n) is 3.77. The van der Waals surface area contributed by atoms with Gasteiger partial charge in [0.2, 0.25) is 0 Å². The molecule has 8 heteroatoms. The second kappa shape index (κ2) is 6.57. The van der Waals surface area contributed by atoms with Crippen LogP contribution in [0.5, 0.6) is 0 Å². The van der Waals surface area contributed by atoms with E-state index < -0.39 is 0 Å². The van der Waals surface area contributed by atoms with Gasteiger partial charge < -0.3 is 10.6 Å². The van der Waals surface area contributed by atoms with Gasteiger partial charge >= 0.3 is 6.03 Å². The average molecular weight is 351 g/mol. The van der Waals surface area contributed by atoms with E-state index in [1.807, 2.05) is 4.90 Å². The van der Waals surface area contributed by atoms with Crippen molar-refractivity contribution in [3.05, 3.63) is 10.0 Å². The van der Waals surface area contributed by atoms with Crippen LogP contribution in [0.1, 0.15) is 67.4 Å². The number of fused-ring (bicyclic) bond motifs is 2. The topological polar surface area (TPSA) is 84.6 Å². The molecule has 1 aromatic heterocycles. The van der Waals surface area contributed by atoms with E-state index in [1.165, 1.54) is 0 Å². The van der Waals surface area contributed by atoms with Gasteiger partial charge in [-0.3, -0.25) is 4.84 Å². The zero-order valence-corrected chi connectivity index (χ0v) is 14.9. The van der Waals surface area contributed by atoms with Gasteiger partial charge in [0.1, 0.15) is 10.0 Å². The quantitative estimate of drug-likeness (QED) is 0.796. The van der Waals surface area contributed by atoms with Crippen LogP contribution in [0.2, 0.25) is 0 Å². The number of carbonyl (C=O) groups excluding carboxylic acids is 1. The highest BCUT2D eigenvalue weighted by molar-refractivity contribution is 7.11. The van der Waals surface area contributed by atoms with E-state index in [1.54, 1.807) is 16.4 Å². The van der Waals surface area contributed by atoms with Crippen molar-refractivity contribution < 1.29 is 9.63 Å². The first-order valence-corrected chi connectivity index (χ1v) is 9.80. The van der Waals surface area contributed by atoms with E-state index in [-0.39, 0.29) is 18.1 Å². The predicted octanol–water partition coefficient (Wildman–Crippen LogP) is 2.42. The third-order valence-electron chi connectivity index (χ3n) is 5.32. The molecule has 3 aliphatic rings. The van der Waals surface area contributed by atoms with E-state index >= 15 is 0 Å². The summed E-state index contributed by atoms with van der Waals surface area (Å²) in [6.45, 7) is 3.47. The zero-order chi connectivity index (χ0) is 16.7. The van der Waals surface area contributed by atoms with E-state index in [9.17, 15) is 4.79 Å². The Kier molecular flexibility index (Phi) is 4.44.